The molecule has 152 valence electrons. The molecule has 2 aromatic carbocycles. The maximum atomic E-state index is 5.70. The maximum Gasteiger partial charge on any atom is 0.0224 e. The monoisotopic (exact) mass is 420 g/mol. The van der Waals surface area contributed by atoms with Crippen LogP contribution in [0.4, 0.5) is 0 Å². The lowest BCUT2D eigenvalue weighted by Gasteiger charge is -2.12. The molecule has 0 aromatic heterocycles. The zero-order valence-electron chi connectivity index (χ0n) is 17.4. The van der Waals surface area contributed by atoms with E-state index in [0.717, 1.165) is 40.8 Å². The van der Waals surface area contributed by atoms with E-state index in [9.17, 15) is 0 Å². The Morgan fingerprint density at radius 1 is 0.586 bits per heavy atom. The zero-order chi connectivity index (χ0) is 20.1. The summed E-state index contributed by atoms with van der Waals surface area (Å²) < 4.78 is 0. The van der Waals surface area contributed by atoms with Crippen LogP contribution in [0.1, 0.15) is 105 Å². The highest BCUT2D eigenvalue weighted by Gasteiger charge is 2.18. The average Bonchev–Trinajstić information content (AvgIpc) is 3.48. The second kappa shape index (κ2) is 10.1. The van der Waals surface area contributed by atoms with Crippen LogP contribution < -0.4 is 0 Å². The molecule has 0 unspecified atom stereocenters. The summed E-state index contributed by atoms with van der Waals surface area (Å²) in [7, 11) is 0. The standard InChI is InChI=1S/C27H32S2/c28-26(24-16-12-22(13-17-24)20-6-1-2-7-20)10-5-11-27(29)25-18-14-23(15-19-25)21-8-3-4-9-21/h12-21H,1-11H2. The summed E-state index contributed by atoms with van der Waals surface area (Å²) in [6.45, 7) is 0. The summed E-state index contributed by atoms with van der Waals surface area (Å²) in [6, 6.07) is 18.1. The number of hydrogen-bond donors (Lipinski definition) is 0. The molecule has 0 spiro atoms. The van der Waals surface area contributed by atoms with E-state index in [0.29, 0.717) is 0 Å². The lowest BCUT2D eigenvalue weighted by atomic mass is 9.94. The van der Waals surface area contributed by atoms with Crippen LogP contribution in [0, 0.1) is 0 Å². The van der Waals surface area contributed by atoms with Gasteiger partial charge in [-0.1, -0.05) is 98.6 Å². The molecule has 2 fully saturated rings. The van der Waals surface area contributed by atoms with Crippen molar-refractivity contribution in [1.29, 1.82) is 0 Å². The minimum Gasteiger partial charge on any atom is -0.0843 e. The van der Waals surface area contributed by atoms with Crippen molar-refractivity contribution in [3.8, 4) is 0 Å². The first-order valence-corrected chi connectivity index (χ1v) is 12.3. The van der Waals surface area contributed by atoms with Gasteiger partial charge >= 0.3 is 0 Å². The topological polar surface area (TPSA) is 0 Å². The number of rotatable bonds is 8. The highest BCUT2D eigenvalue weighted by molar-refractivity contribution is 7.81. The molecule has 29 heavy (non-hydrogen) atoms. The predicted octanol–water partition coefficient (Wildman–Crippen LogP) is 8.31. The SMILES string of the molecule is S=C(CCCC(=S)c1ccc(C2CCCC2)cc1)c1ccc(C2CCCC2)cc1. The van der Waals surface area contributed by atoms with Crippen LogP contribution >= 0.6 is 24.4 Å². The Morgan fingerprint density at radius 2 is 0.931 bits per heavy atom. The van der Waals surface area contributed by atoms with Crippen LogP contribution in [0.15, 0.2) is 48.5 Å². The first-order chi connectivity index (χ1) is 14.2. The van der Waals surface area contributed by atoms with E-state index in [-0.39, 0.29) is 0 Å². The summed E-state index contributed by atoms with van der Waals surface area (Å²) in [4.78, 5) is 2.14. The molecule has 0 atom stereocenters. The third-order valence-corrected chi connectivity index (χ3v) is 7.81. The van der Waals surface area contributed by atoms with Crippen LogP contribution in [0.2, 0.25) is 0 Å². The van der Waals surface area contributed by atoms with Crippen molar-refractivity contribution in [3.05, 3.63) is 70.8 Å². The van der Waals surface area contributed by atoms with E-state index < -0.39 is 0 Å². The van der Waals surface area contributed by atoms with E-state index >= 15 is 0 Å². The summed E-state index contributed by atoms with van der Waals surface area (Å²) >= 11 is 11.4. The van der Waals surface area contributed by atoms with E-state index in [1.165, 1.54) is 73.6 Å². The molecule has 4 rings (SSSR count). The Labute approximate surface area is 187 Å². The Bertz CT molecular complexity index is 748. The Kier molecular flexibility index (Phi) is 7.26. The molecule has 0 bridgehead atoms. The minimum atomic E-state index is 0.773. The molecule has 0 nitrogen and oxygen atoms in total. The number of benzene rings is 2. The normalized spacial score (nSPS) is 17.7. The van der Waals surface area contributed by atoms with Gasteiger partial charge in [0.05, 0.1) is 0 Å². The van der Waals surface area contributed by atoms with Gasteiger partial charge in [0.2, 0.25) is 0 Å². The summed E-state index contributed by atoms with van der Waals surface area (Å²) in [5.74, 6) is 1.55. The van der Waals surface area contributed by atoms with Crippen molar-refractivity contribution in [2.24, 2.45) is 0 Å². The van der Waals surface area contributed by atoms with Gasteiger partial charge in [0.15, 0.2) is 0 Å². The van der Waals surface area contributed by atoms with Crippen molar-refractivity contribution < 1.29 is 0 Å². The fraction of sp³-hybridized carbons (Fsp3) is 0.481. The van der Waals surface area contributed by atoms with Gasteiger partial charge in [0.1, 0.15) is 0 Å². The van der Waals surface area contributed by atoms with Crippen molar-refractivity contribution in [2.75, 3.05) is 0 Å². The van der Waals surface area contributed by atoms with Crippen LogP contribution in [0.5, 0.6) is 0 Å². The number of hydrogen-bond acceptors (Lipinski definition) is 2. The zero-order valence-corrected chi connectivity index (χ0v) is 19.0. The molecule has 0 amide bonds. The van der Waals surface area contributed by atoms with E-state index in [4.69, 9.17) is 24.4 Å². The van der Waals surface area contributed by atoms with Crippen LogP contribution in [-0.2, 0) is 0 Å². The van der Waals surface area contributed by atoms with Crippen LogP contribution in [0.25, 0.3) is 0 Å². The summed E-state index contributed by atoms with van der Waals surface area (Å²) in [5.41, 5.74) is 5.43. The fourth-order valence-corrected chi connectivity index (χ4v) is 5.66. The van der Waals surface area contributed by atoms with E-state index in [1.54, 1.807) is 0 Å². The molecule has 0 heterocycles. The lowest BCUT2D eigenvalue weighted by Crippen LogP contribution is -2.02. The fourth-order valence-electron chi connectivity index (χ4n) is 5.10. The second-order valence-corrected chi connectivity index (χ2v) is 9.89. The third kappa shape index (κ3) is 5.41. The van der Waals surface area contributed by atoms with E-state index in [2.05, 4.69) is 48.5 Å². The molecule has 2 saturated carbocycles. The number of thiocarbonyl (C=S) groups is 2. The Morgan fingerprint density at radius 3 is 1.28 bits per heavy atom. The van der Waals surface area contributed by atoms with Gasteiger partial charge in [-0.3, -0.25) is 0 Å². The molecule has 0 aliphatic heterocycles. The molecule has 0 saturated heterocycles. The van der Waals surface area contributed by atoms with Crippen molar-refractivity contribution in [3.63, 3.8) is 0 Å². The highest BCUT2D eigenvalue weighted by Crippen LogP contribution is 2.35. The lowest BCUT2D eigenvalue weighted by molar-refractivity contribution is 0.723. The van der Waals surface area contributed by atoms with Gasteiger partial charge in [-0.15, -0.1) is 0 Å². The average molecular weight is 421 g/mol. The molecule has 2 aliphatic rings. The third-order valence-electron chi connectivity index (χ3n) is 6.93. The van der Waals surface area contributed by atoms with Crippen molar-refractivity contribution in [2.45, 2.75) is 82.5 Å². The molecule has 2 heteroatoms. The quantitative estimate of drug-likeness (QED) is 0.311. The van der Waals surface area contributed by atoms with Crippen LogP contribution in [-0.4, -0.2) is 9.73 Å². The van der Waals surface area contributed by atoms with Crippen LogP contribution in [0.3, 0.4) is 0 Å². The highest BCUT2D eigenvalue weighted by atomic mass is 32.1. The summed E-state index contributed by atoms with van der Waals surface area (Å²) in [5, 5.41) is 0. The predicted molar refractivity (Wildman–Crippen MR) is 133 cm³/mol. The summed E-state index contributed by atoms with van der Waals surface area (Å²) in [6.07, 6.45) is 13.9. The van der Waals surface area contributed by atoms with Gasteiger partial charge in [-0.25, -0.2) is 0 Å². The Balaban J connectivity index is 1.24. The first kappa shape index (κ1) is 20.9. The van der Waals surface area contributed by atoms with Crippen molar-refractivity contribution in [1.82, 2.24) is 0 Å². The maximum absolute atomic E-state index is 5.70. The van der Waals surface area contributed by atoms with Gasteiger partial charge in [-0.05, 0) is 79.0 Å². The molecule has 0 radical (unpaired) electrons. The second-order valence-electron chi connectivity index (χ2n) is 8.91. The molecule has 0 N–H and O–H groups in total. The van der Waals surface area contributed by atoms with Gasteiger partial charge < -0.3 is 0 Å². The molecule has 2 aliphatic carbocycles. The Hall–Kier alpha value is -1.38. The van der Waals surface area contributed by atoms with Gasteiger partial charge in [-0.2, -0.15) is 0 Å². The molecule has 2 aromatic rings. The van der Waals surface area contributed by atoms with Gasteiger partial charge in [0.25, 0.3) is 0 Å². The van der Waals surface area contributed by atoms with Gasteiger partial charge in [0, 0.05) is 9.73 Å². The minimum absolute atomic E-state index is 0.773. The first-order valence-electron chi connectivity index (χ1n) is 11.5. The smallest absolute Gasteiger partial charge is 0.0224 e. The molecular weight excluding hydrogens is 388 g/mol. The largest absolute Gasteiger partial charge is 0.0843 e. The molecular formula is C27H32S2. The van der Waals surface area contributed by atoms with Crippen molar-refractivity contribution >= 4 is 34.2 Å². The van der Waals surface area contributed by atoms with E-state index in [1.807, 2.05) is 0 Å².